The fourth-order valence-electron chi connectivity index (χ4n) is 4.69. The normalized spacial score (nSPS) is 14.3. The second-order valence-corrected chi connectivity index (χ2v) is 17.5. The Bertz CT molecular complexity index is 1430. The number of carbonyl (C=O) groups excluding carboxylic acids is 1. The number of hydrogen-bond donors (Lipinski definition) is 2. The predicted octanol–water partition coefficient (Wildman–Crippen LogP) is 6.27. The van der Waals surface area contributed by atoms with Crippen LogP contribution < -0.4 is 10.1 Å². The highest BCUT2D eigenvalue weighted by molar-refractivity contribution is 6.74. The fraction of sp³-hybridized carbons (Fsp3) is 0.562. The maximum absolute atomic E-state index is 12.4. The molecule has 12 nitrogen and oxygen atoms in total. The van der Waals surface area contributed by atoms with Gasteiger partial charge in [-0.05, 0) is 57.0 Å². The van der Waals surface area contributed by atoms with E-state index in [1.807, 2.05) is 38.1 Å². The largest absolute Gasteiger partial charge is 0.493 e. The number of amides is 1. The average Bonchev–Trinajstić information content (AvgIpc) is 3.33. The van der Waals surface area contributed by atoms with Gasteiger partial charge in [0, 0.05) is 43.9 Å². The van der Waals surface area contributed by atoms with Gasteiger partial charge in [0.15, 0.2) is 5.82 Å². The molecule has 1 amide bonds. The van der Waals surface area contributed by atoms with Gasteiger partial charge in [-0.3, -0.25) is 0 Å². The van der Waals surface area contributed by atoms with Crippen molar-refractivity contribution in [3.8, 4) is 28.4 Å². The van der Waals surface area contributed by atoms with Crippen molar-refractivity contribution in [3.63, 3.8) is 0 Å². The molecule has 0 unspecified atom stereocenters. The number of nitrogens with one attached hydrogen (secondary N) is 1. The summed E-state index contributed by atoms with van der Waals surface area (Å²) in [7, 11) is -0.563. The van der Waals surface area contributed by atoms with Crippen LogP contribution in [0.4, 0.5) is 10.6 Å². The number of aromatic nitrogens is 3. The fourth-order valence-corrected chi connectivity index (χ4v) is 5.72. The molecule has 1 fully saturated rings. The number of rotatable bonds is 12. The van der Waals surface area contributed by atoms with Gasteiger partial charge < -0.3 is 33.7 Å². The number of carbonyl (C=O) groups is 1. The van der Waals surface area contributed by atoms with E-state index in [1.165, 1.54) is 5.06 Å². The average molecular weight is 642 g/mol. The molecule has 0 aliphatic carbocycles. The van der Waals surface area contributed by atoms with Gasteiger partial charge >= 0.3 is 6.09 Å². The minimum absolute atomic E-state index is 0.0331. The molecule has 0 atom stereocenters. The molecule has 4 rings (SSSR count). The van der Waals surface area contributed by atoms with Crippen molar-refractivity contribution in [1.29, 1.82) is 0 Å². The third-order valence-corrected chi connectivity index (χ3v) is 12.6. The van der Waals surface area contributed by atoms with E-state index in [1.54, 1.807) is 7.05 Å². The third-order valence-electron chi connectivity index (χ3n) is 8.30. The number of anilines is 1. The third kappa shape index (κ3) is 8.60. The van der Waals surface area contributed by atoms with Crippen molar-refractivity contribution in [2.24, 2.45) is 0 Å². The first-order chi connectivity index (χ1) is 21.3. The van der Waals surface area contributed by atoms with Crippen molar-refractivity contribution in [3.05, 3.63) is 41.3 Å². The Labute approximate surface area is 266 Å². The molecule has 1 aliphatic rings. The quantitative estimate of drug-likeness (QED) is 0.131. The van der Waals surface area contributed by atoms with Crippen molar-refractivity contribution in [2.45, 2.75) is 84.7 Å². The Morgan fingerprint density at radius 2 is 1.89 bits per heavy atom. The second-order valence-electron chi connectivity index (χ2n) is 12.8. The molecule has 1 aliphatic heterocycles. The lowest BCUT2D eigenvalue weighted by Gasteiger charge is -2.37. The minimum atomic E-state index is -2.15. The Morgan fingerprint density at radius 1 is 1.16 bits per heavy atom. The second kappa shape index (κ2) is 14.7. The highest BCUT2D eigenvalue weighted by atomic mass is 28.4. The maximum Gasteiger partial charge on any atom is 0.432 e. The number of aliphatic hydroxyl groups excluding tert-OH is 1. The van der Waals surface area contributed by atoms with Gasteiger partial charge in [-0.1, -0.05) is 38.1 Å². The lowest BCUT2D eigenvalue weighted by Crippen LogP contribution is -2.47. The Hall–Kier alpha value is -3.52. The SMILES string of the molecule is Cc1noc(C)c1-c1nc(-c2cccc(OCCCOC(=O)N(C)O[Si](C)(C)C(C)(C)C)c2)nc(NC2CCOCC2)c1CO. The van der Waals surface area contributed by atoms with Gasteiger partial charge in [0.05, 0.1) is 36.8 Å². The van der Waals surface area contributed by atoms with Crippen LogP contribution in [0.1, 0.15) is 57.1 Å². The molecule has 0 spiro atoms. The molecule has 1 aromatic carbocycles. The van der Waals surface area contributed by atoms with E-state index in [2.05, 4.69) is 44.3 Å². The van der Waals surface area contributed by atoms with Crippen molar-refractivity contribution in [2.75, 3.05) is 38.8 Å². The zero-order valence-electron chi connectivity index (χ0n) is 27.7. The maximum atomic E-state index is 12.4. The van der Waals surface area contributed by atoms with Gasteiger partial charge in [0.2, 0.25) is 8.32 Å². The summed E-state index contributed by atoms with van der Waals surface area (Å²) in [6.45, 7) is 15.8. The summed E-state index contributed by atoms with van der Waals surface area (Å²) in [6, 6.07) is 7.68. The minimum Gasteiger partial charge on any atom is -0.493 e. The van der Waals surface area contributed by atoms with Crippen molar-refractivity contribution in [1.82, 2.24) is 20.2 Å². The Balaban J connectivity index is 1.46. The molecule has 0 saturated carbocycles. The van der Waals surface area contributed by atoms with Gasteiger partial charge in [-0.15, -0.1) is 0 Å². The van der Waals surface area contributed by atoms with Crippen molar-refractivity contribution < 1.29 is 33.2 Å². The number of hydrogen-bond acceptors (Lipinski definition) is 11. The molecule has 3 heterocycles. The number of benzene rings is 1. The van der Waals surface area contributed by atoms with E-state index in [-0.39, 0.29) is 24.3 Å². The topological polar surface area (TPSA) is 141 Å². The van der Waals surface area contributed by atoms with Gasteiger partial charge in [-0.2, -0.15) is 0 Å². The highest BCUT2D eigenvalue weighted by Crippen LogP contribution is 2.37. The van der Waals surface area contributed by atoms with E-state index >= 15 is 0 Å². The zero-order chi connectivity index (χ0) is 32.8. The van der Waals surface area contributed by atoms with E-state index in [0.29, 0.717) is 66.3 Å². The van der Waals surface area contributed by atoms with Crippen LogP contribution >= 0.6 is 0 Å². The van der Waals surface area contributed by atoms with Crippen LogP contribution in [0.3, 0.4) is 0 Å². The smallest absolute Gasteiger partial charge is 0.432 e. The van der Waals surface area contributed by atoms with Gasteiger partial charge in [0.25, 0.3) is 0 Å². The molecule has 0 radical (unpaired) electrons. The van der Waals surface area contributed by atoms with Crippen LogP contribution in [-0.4, -0.2) is 79.2 Å². The summed E-state index contributed by atoms with van der Waals surface area (Å²) in [5.74, 6) is 2.28. The molecule has 2 N–H and O–H groups in total. The van der Waals surface area contributed by atoms with Crippen LogP contribution in [0, 0.1) is 13.8 Å². The number of nitrogens with zero attached hydrogens (tertiary/aromatic N) is 4. The zero-order valence-corrected chi connectivity index (χ0v) is 28.7. The molecule has 45 heavy (non-hydrogen) atoms. The molecular formula is C32H47N5O7Si. The number of aliphatic hydroxyl groups is 1. The first kappa shape index (κ1) is 34.4. The van der Waals surface area contributed by atoms with Crippen LogP contribution in [0.25, 0.3) is 22.6 Å². The first-order valence-electron chi connectivity index (χ1n) is 15.4. The van der Waals surface area contributed by atoms with Gasteiger partial charge in [-0.25, -0.2) is 19.8 Å². The van der Waals surface area contributed by atoms with Crippen LogP contribution in [-0.2, 0) is 20.6 Å². The molecule has 3 aromatic rings. The number of ether oxygens (including phenoxy) is 3. The standard InChI is InChI=1S/C32H47N5O7Si/c1-21-27(22(2)43-36-21)28-26(20-38)30(33-24-13-17-40-18-14-24)35-29(34-28)23-11-9-12-25(19-23)41-15-10-16-42-31(39)37(6)44-45(7,8)32(3,4)5/h9,11-12,19,24,38H,10,13-18,20H2,1-8H3,(H,33,34,35). The van der Waals surface area contributed by atoms with Crippen LogP contribution in [0.15, 0.2) is 28.8 Å². The van der Waals surface area contributed by atoms with E-state index in [9.17, 15) is 9.90 Å². The summed E-state index contributed by atoms with van der Waals surface area (Å²) in [5.41, 5.74) is 3.32. The monoisotopic (exact) mass is 641 g/mol. The molecule has 1 saturated heterocycles. The van der Waals surface area contributed by atoms with Crippen LogP contribution in [0.2, 0.25) is 18.1 Å². The summed E-state index contributed by atoms with van der Waals surface area (Å²) in [5, 5.41) is 19.3. The van der Waals surface area contributed by atoms with Crippen LogP contribution in [0.5, 0.6) is 5.75 Å². The molecule has 246 valence electrons. The molecular weight excluding hydrogens is 594 g/mol. The highest BCUT2D eigenvalue weighted by Gasteiger charge is 2.40. The summed E-state index contributed by atoms with van der Waals surface area (Å²) in [4.78, 5) is 22.2. The lowest BCUT2D eigenvalue weighted by molar-refractivity contribution is -0.0404. The van der Waals surface area contributed by atoms with E-state index in [4.69, 9.17) is 33.2 Å². The summed E-state index contributed by atoms with van der Waals surface area (Å²) >= 11 is 0. The molecule has 2 aromatic heterocycles. The summed E-state index contributed by atoms with van der Waals surface area (Å²) < 4.78 is 28.3. The predicted molar refractivity (Wildman–Crippen MR) is 173 cm³/mol. The van der Waals surface area contributed by atoms with Gasteiger partial charge in [0.1, 0.15) is 17.3 Å². The Kier molecular flexibility index (Phi) is 11.2. The van der Waals surface area contributed by atoms with E-state index in [0.717, 1.165) is 24.0 Å². The lowest BCUT2D eigenvalue weighted by atomic mass is 10.0. The molecule has 13 heteroatoms. The van der Waals surface area contributed by atoms with E-state index < -0.39 is 14.4 Å². The number of hydroxylamine groups is 2. The van der Waals surface area contributed by atoms with Crippen molar-refractivity contribution >= 4 is 20.2 Å². The number of aryl methyl sites for hydroxylation is 2. The summed E-state index contributed by atoms with van der Waals surface area (Å²) in [6.07, 6.45) is 1.65. The first-order valence-corrected chi connectivity index (χ1v) is 18.3. The molecule has 0 bridgehead atoms. The Morgan fingerprint density at radius 3 is 2.53 bits per heavy atom.